The van der Waals surface area contributed by atoms with Gasteiger partial charge in [0, 0.05) is 44.7 Å². The normalized spacial score (nSPS) is 20.6. The van der Waals surface area contributed by atoms with Crippen molar-refractivity contribution in [2.24, 2.45) is 0 Å². The van der Waals surface area contributed by atoms with Crippen molar-refractivity contribution in [3.8, 4) is 11.4 Å². The lowest BCUT2D eigenvalue weighted by Crippen LogP contribution is -2.48. The highest BCUT2D eigenvalue weighted by Gasteiger charge is 2.31. The van der Waals surface area contributed by atoms with Gasteiger partial charge in [0.25, 0.3) is 5.91 Å². The van der Waals surface area contributed by atoms with Gasteiger partial charge in [-0.05, 0) is 7.05 Å². The van der Waals surface area contributed by atoms with Gasteiger partial charge in [-0.15, -0.1) is 0 Å². The first kappa shape index (κ1) is 16.8. The Bertz CT molecular complexity index is 809. The molecule has 0 saturated carbocycles. The van der Waals surface area contributed by atoms with Crippen LogP contribution in [0.5, 0.6) is 0 Å². The Morgan fingerprint density at radius 3 is 2.65 bits per heavy atom. The fraction of sp³-hybridized carbons (Fsp3) is 0.421. The highest BCUT2D eigenvalue weighted by atomic mass is 16.2. The molecule has 2 amide bonds. The molecule has 1 fully saturated rings. The zero-order chi connectivity index (χ0) is 18.1. The molecule has 1 aromatic heterocycles. The topological polar surface area (TPSA) is 70.5 Å². The number of aromatic nitrogens is 2. The molecule has 7 heteroatoms. The molecule has 1 atom stereocenters. The van der Waals surface area contributed by atoms with E-state index < -0.39 is 0 Å². The van der Waals surface area contributed by atoms with Gasteiger partial charge in [0.05, 0.1) is 12.2 Å². The molecule has 0 spiro atoms. The average molecular weight is 353 g/mol. The lowest BCUT2D eigenvalue weighted by Gasteiger charge is -2.34. The third kappa shape index (κ3) is 3.10. The maximum atomic E-state index is 12.8. The number of carbonyl (C=O) groups excluding carboxylic acids is 2. The number of carbonyl (C=O) groups is 2. The van der Waals surface area contributed by atoms with Crippen molar-refractivity contribution in [2.45, 2.75) is 12.5 Å². The van der Waals surface area contributed by atoms with Crippen LogP contribution >= 0.6 is 0 Å². The van der Waals surface area contributed by atoms with Crippen LogP contribution in [0.3, 0.4) is 0 Å². The van der Waals surface area contributed by atoms with E-state index in [0.717, 1.165) is 37.6 Å². The van der Waals surface area contributed by atoms with E-state index in [1.165, 1.54) is 0 Å². The van der Waals surface area contributed by atoms with Gasteiger partial charge in [-0.3, -0.25) is 9.59 Å². The number of nitrogens with zero attached hydrogens (tertiary/aromatic N) is 4. The Hall–Kier alpha value is -2.67. The number of hydrogen-bond donors (Lipinski definition) is 1. The molecule has 2 aliphatic heterocycles. The predicted octanol–water partition coefficient (Wildman–Crippen LogP) is 0.999. The predicted molar refractivity (Wildman–Crippen MR) is 97.7 cm³/mol. The molecule has 1 unspecified atom stereocenters. The van der Waals surface area contributed by atoms with E-state index in [0.29, 0.717) is 18.7 Å². The molecule has 136 valence electrons. The summed E-state index contributed by atoms with van der Waals surface area (Å²) in [6.45, 7) is 3.77. The van der Waals surface area contributed by atoms with E-state index in [9.17, 15) is 9.59 Å². The van der Waals surface area contributed by atoms with Gasteiger partial charge in [-0.1, -0.05) is 30.3 Å². The summed E-state index contributed by atoms with van der Waals surface area (Å²) in [5, 5.41) is 2.89. The van der Waals surface area contributed by atoms with E-state index in [1.54, 1.807) is 6.20 Å². The summed E-state index contributed by atoms with van der Waals surface area (Å²) < 4.78 is 1.93. The Labute approximate surface area is 152 Å². The molecule has 3 heterocycles. The summed E-state index contributed by atoms with van der Waals surface area (Å²) in [5.74, 6) is 0.743. The molecule has 2 aromatic rings. The number of amides is 2. The molecule has 26 heavy (non-hydrogen) atoms. The Balaban J connectivity index is 1.60. The number of likely N-dealkylation sites (N-methyl/N-ethyl adjacent to an activating group) is 1. The fourth-order valence-electron chi connectivity index (χ4n) is 3.64. The van der Waals surface area contributed by atoms with Gasteiger partial charge >= 0.3 is 0 Å². The molecule has 4 rings (SSSR count). The number of imidazole rings is 1. The summed E-state index contributed by atoms with van der Waals surface area (Å²) in [6, 6.07) is 9.68. The van der Waals surface area contributed by atoms with Crippen LogP contribution in [0.2, 0.25) is 0 Å². The minimum atomic E-state index is -0.136. The Morgan fingerprint density at radius 2 is 1.92 bits per heavy atom. The van der Waals surface area contributed by atoms with E-state index in [2.05, 4.69) is 22.2 Å². The molecule has 0 aliphatic carbocycles. The van der Waals surface area contributed by atoms with Crippen molar-refractivity contribution in [3.63, 3.8) is 0 Å². The number of benzene rings is 1. The molecule has 0 bridgehead atoms. The first-order valence-corrected chi connectivity index (χ1v) is 9.00. The van der Waals surface area contributed by atoms with E-state index >= 15 is 0 Å². The first-order valence-electron chi connectivity index (χ1n) is 9.00. The lowest BCUT2D eigenvalue weighted by atomic mass is 10.1. The number of fused-ring (bicyclic) bond motifs is 1. The van der Waals surface area contributed by atoms with Crippen molar-refractivity contribution in [1.82, 2.24) is 24.7 Å². The quantitative estimate of drug-likeness (QED) is 0.894. The van der Waals surface area contributed by atoms with Crippen molar-refractivity contribution < 1.29 is 9.59 Å². The molecule has 1 N–H and O–H groups in total. The third-order valence-electron chi connectivity index (χ3n) is 5.19. The van der Waals surface area contributed by atoms with Crippen molar-refractivity contribution in [1.29, 1.82) is 0 Å². The lowest BCUT2D eigenvalue weighted by molar-refractivity contribution is -0.133. The molecule has 7 nitrogen and oxygen atoms in total. The number of hydrogen-bond acceptors (Lipinski definition) is 4. The molecular formula is C19H23N5O2. The Morgan fingerprint density at radius 1 is 1.19 bits per heavy atom. The highest BCUT2D eigenvalue weighted by molar-refractivity contribution is 5.94. The number of piperazine rings is 1. The molecule has 2 aliphatic rings. The number of rotatable bonds is 3. The van der Waals surface area contributed by atoms with Crippen molar-refractivity contribution in [3.05, 3.63) is 42.2 Å². The summed E-state index contributed by atoms with van der Waals surface area (Å²) in [5.41, 5.74) is 1.47. The monoisotopic (exact) mass is 353 g/mol. The summed E-state index contributed by atoms with van der Waals surface area (Å²) in [6.07, 6.45) is 1.97. The third-order valence-corrected chi connectivity index (χ3v) is 5.19. The first-order chi connectivity index (χ1) is 12.6. The van der Waals surface area contributed by atoms with E-state index in [4.69, 9.17) is 0 Å². The minimum absolute atomic E-state index is 0.118. The molecule has 0 radical (unpaired) electrons. The van der Waals surface area contributed by atoms with Gasteiger partial charge in [0.1, 0.15) is 11.5 Å². The molecule has 1 aromatic carbocycles. The Kier molecular flexibility index (Phi) is 4.46. The van der Waals surface area contributed by atoms with Gasteiger partial charge in [-0.25, -0.2) is 4.98 Å². The van der Waals surface area contributed by atoms with Gasteiger partial charge in [0.15, 0.2) is 0 Å². The van der Waals surface area contributed by atoms with Crippen LogP contribution < -0.4 is 5.32 Å². The van der Waals surface area contributed by atoms with E-state index in [-0.39, 0.29) is 17.9 Å². The summed E-state index contributed by atoms with van der Waals surface area (Å²) in [7, 11) is 2.07. The average Bonchev–Trinajstić information content (AvgIpc) is 3.11. The van der Waals surface area contributed by atoms with Gasteiger partial charge < -0.3 is 19.7 Å². The maximum absolute atomic E-state index is 12.8. The summed E-state index contributed by atoms with van der Waals surface area (Å²) in [4.78, 5) is 33.6. The SMILES string of the molecule is CN1CCN(C(=O)CC2CNC(=O)c3cnc(-c4ccccc4)n32)CC1. The minimum Gasteiger partial charge on any atom is -0.349 e. The van der Waals surface area contributed by atoms with Crippen LogP contribution in [0.4, 0.5) is 0 Å². The van der Waals surface area contributed by atoms with Crippen LogP contribution in [0.1, 0.15) is 23.0 Å². The maximum Gasteiger partial charge on any atom is 0.269 e. The molecular weight excluding hydrogens is 330 g/mol. The van der Waals surface area contributed by atoms with Gasteiger partial charge in [0.2, 0.25) is 5.91 Å². The summed E-state index contributed by atoms with van der Waals surface area (Å²) >= 11 is 0. The van der Waals surface area contributed by atoms with Crippen LogP contribution in [0.25, 0.3) is 11.4 Å². The van der Waals surface area contributed by atoms with E-state index in [1.807, 2.05) is 39.8 Å². The zero-order valence-corrected chi connectivity index (χ0v) is 14.9. The molecule has 1 saturated heterocycles. The second-order valence-electron chi connectivity index (χ2n) is 6.96. The fourth-order valence-corrected chi connectivity index (χ4v) is 3.64. The van der Waals surface area contributed by atoms with Gasteiger partial charge in [-0.2, -0.15) is 0 Å². The largest absolute Gasteiger partial charge is 0.349 e. The second-order valence-corrected chi connectivity index (χ2v) is 6.96. The van der Waals surface area contributed by atoms with Crippen molar-refractivity contribution >= 4 is 11.8 Å². The zero-order valence-electron chi connectivity index (χ0n) is 14.9. The van der Waals surface area contributed by atoms with Crippen LogP contribution in [-0.2, 0) is 4.79 Å². The second kappa shape index (κ2) is 6.92. The van der Waals surface area contributed by atoms with Crippen LogP contribution in [-0.4, -0.2) is 70.9 Å². The highest BCUT2D eigenvalue weighted by Crippen LogP contribution is 2.28. The smallest absolute Gasteiger partial charge is 0.269 e. The number of nitrogens with one attached hydrogen (secondary N) is 1. The standard InChI is InChI=1S/C19H23N5O2/c1-22-7-9-23(10-8-22)17(25)11-15-12-21-19(26)16-13-20-18(24(15)16)14-5-3-2-4-6-14/h2-6,13,15H,7-12H2,1H3,(H,21,26). The van der Waals surface area contributed by atoms with Crippen molar-refractivity contribution in [2.75, 3.05) is 39.8 Å². The van der Waals surface area contributed by atoms with Crippen LogP contribution in [0.15, 0.2) is 36.5 Å². The van der Waals surface area contributed by atoms with Crippen LogP contribution in [0, 0.1) is 0 Å².